The topological polar surface area (TPSA) is 25.2 Å². The second kappa shape index (κ2) is 3.20. The van der Waals surface area contributed by atoms with Crippen LogP contribution in [0.15, 0.2) is 23.0 Å². The Morgan fingerprint density at radius 1 is 1.27 bits per heavy atom. The number of likely N-dealkylation sites (tertiary alicyclic amines) is 1. The third kappa shape index (κ3) is 1.42. The van der Waals surface area contributed by atoms with Crippen molar-refractivity contribution in [2.45, 2.75) is 18.9 Å². The molecule has 2 bridgehead atoms. The lowest BCUT2D eigenvalue weighted by molar-refractivity contribution is 0.145. The molecule has 0 radical (unpaired) electrons. The molecule has 1 unspecified atom stereocenters. The third-order valence-corrected chi connectivity index (χ3v) is 3.66. The molecule has 1 saturated heterocycles. The summed E-state index contributed by atoms with van der Waals surface area (Å²) in [6.45, 7) is 3.15. The fourth-order valence-electron chi connectivity index (χ4n) is 3.14. The van der Waals surface area contributed by atoms with Gasteiger partial charge < -0.3 is 9.47 Å². The number of fused-ring (bicyclic) bond motifs is 4. The molecular formula is C12H16N2O. The Morgan fingerprint density at radius 3 is 3.00 bits per heavy atom. The highest BCUT2D eigenvalue weighted by molar-refractivity contribution is 5.16. The Morgan fingerprint density at radius 2 is 2.13 bits per heavy atom. The number of nitrogens with zero attached hydrogens (tertiary/aromatic N) is 2. The lowest BCUT2D eigenvalue weighted by Gasteiger charge is -2.41. The van der Waals surface area contributed by atoms with Crippen molar-refractivity contribution in [2.24, 2.45) is 5.92 Å². The van der Waals surface area contributed by atoms with Gasteiger partial charge in [0.1, 0.15) is 0 Å². The summed E-state index contributed by atoms with van der Waals surface area (Å²) in [5, 5.41) is 0. The molecule has 0 aromatic carbocycles. The van der Waals surface area contributed by atoms with Crippen LogP contribution in [0.5, 0.6) is 0 Å². The van der Waals surface area contributed by atoms with E-state index >= 15 is 0 Å². The first-order valence-corrected chi connectivity index (χ1v) is 5.62. The lowest BCUT2D eigenvalue weighted by atomic mass is 9.83. The van der Waals surface area contributed by atoms with Crippen molar-refractivity contribution in [3.8, 4) is 0 Å². The molecule has 3 heteroatoms. The Kier molecular flexibility index (Phi) is 1.96. The van der Waals surface area contributed by atoms with Crippen LogP contribution in [0.4, 0.5) is 0 Å². The van der Waals surface area contributed by atoms with Gasteiger partial charge in [0.05, 0.1) is 0 Å². The maximum Gasteiger partial charge on any atom is 0.250 e. The first-order valence-electron chi connectivity index (χ1n) is 5.62. The fourth-order valence-corrected chi connectivity index (χ4v) is 3.14. The summed E-state index contributed by atoms with van der Waals surface area (Å²) in [6.07, 6.45) is 1.26. The van der Waals surface area contributed by atoms with Crippen molar-refractivity contribution < 1.29 is 0 Å². The van der Waals surface area contributed by atoms with E-state index in [2.05, 4.69) is 18.0 Å². The van der Waals surface area contributed by atoms with Gasteiger partial charge in [-0.05, 0) is 25.5 Å². The highest BCUT2D eigenvalue weighted by atomic mass is 16.1. The summed E-state index contributed by atoms with van der Waals surface area (Å²) in [7, 11) is 2.18. The number of hydrogen-bond donors (Lipinski definition) is 0. The molecule has 1 fully saturated rings. The Bertz CT molecular complexity index is 437. The molecule has 3 rings (SSSR count). The number of aromatic nitrogens is 1. The first kappa shape index (κ1) is 9.16. The van der Waals surface area contributed by atoms with Gasteiger partial charge in [-0.25, -0.2) is 0 Å². The van der Waals surface area contributed by atoms with Crippen molar-refractivity contribution >= 4 is 0 Å². The molecule has 1 aromatic rings. The van der Waals surface area contributed by atoms with E-state index in [1.54, 1.807) is 6.07 Å². The summed E-state index contributed by atoms with van der Waals surface area (Å²) in [5.41, 5.74) is 1.41. The zero-order valence-corrected chi connectivity index (χ0v) is 9.02. The molecule has 2 aliphatic heterocycles. The molecule has 2 aliphatic rings. The van der Waals surface area contributed by atoms with Gasteiger partial charge in [0.2, 0.25) is 0 Å². The summed E-state index contributed by atoms with van der Waals surface area (Å²) < 4.78 is 1.98. The molecule has 3 heterocycles. The summed E-state index contributed by atoms with van der Waals surface area (Å²) in [6, 6.07) is 5.68. The molecule has 0 aliphatic carbocycles. The van der Waals surface area contributed by atoms with Crippen molar-refractivity contribution in [3.63, 3.8) is 0 Å². The summed E-state index contributed by atoms with van der Waals surface area (Å²) in [4.78, 5) is 14.1. The molecule has 0 amide bonds. The van der Waals surface area contributed by atoms with E-state index in [1.807, 2.05) is 10.6 Å². The Balaban J connectivity index is 2.10. The molecule has 2 atom stereocenters. The maximum atomic E-state index is 11.7. The third-order valence-electron chi connectivity index (χ3n) is 3.66. The van der Waals surface area contributed by atoms with E-state index in [0.29, 0.717) is 11.8 Å². The van der Waals surface area contributed by atoms with E-state index in [9.17, 15) is 4.79 Å². The van der Waals surface area contributed by atoms with E-state index < -0.39 is 0 Å². The predicted molar refractivity (Wildman–Crippen MR) is 59.0 cm³/mol. The van der Waals surface area contributed by atoms with Gasteiger partial charge in [-0.3, -0.25) is 4.79 Å². The van der Waals surface area contributed by atoms with Crippen LogP contribution in [0.3, 0.4) is 0 Å². The quantitative estimate of drug-likeness (QED) is 0.627. The zero-order chi connectivity index (χ0) is 10.4. The van der Waals surface area contributed by atoms with Gasteiger partial charge in [-0.1, -0.05) is 6.07 Å². The zero-order valence-electron chi connectivity index (χ0n) is 9.02. The standard InChI is InChI=1S/C12H16N2O/c1-13-6-9-5-10(8-13)11-3-2-4-12(15)14(11)7-9/h2-4,9-10H,5-8H2,1H3/t9?,10-/m1/s1. The number of likely N-dealkylation sites (N-methyl/N-ethyl adjacent to an activating group) is 1. The second-order valence-electron chi connectivity index (χ2n) is 4.92. The van der Waals surface area contributed by atoms with Gasteiger partial charge >= 0.3 is 0 Å². The summed E-state index contributed by atoms with van der Waals surface area (Å²) in [5.74, 6) is 1.23. The minimum Gasteiger partial charge on any atom is -0.312 e. The maximum absolute atomic E-state index is 11.7. The van der Waals surface area contributed by atoms with Gasteiger partial charge in [-0.2, -0.15) is 0 Å². The average Bonchev–Trinajstić information content (AvgIpc) is 2.19. The van der Waals surface area contributed by atoms with Gasteiger partial charge in [0.15, 0.2) is 0 Å². The van der Waals surface area contributed by atoms with Gasteiger partial charge in [0, 0.05) is 37.3 Å². The van der Waals surface area contributed by atoms with Crippen molar-refractivity contribution in [1.29, 1.82) is 0 Å². The monoisotopic (exact) mass is 204 g/mol. The minimum atomic E-state index is 0.173. The minimum absolute atomic E-state index is 0.173. The van der Waals surface area contributed by atoms with Gasteiger partial charge in [0.25, 0.3) is 5.56 Å². The average molecular weight is 204 g/mol. The van der Waals surface area contributed by atoms with E-state index in [4.69, 9.17) is 0 Å². The highest BCUT2D eigenvalue weighted by Crippen LogP contribution is 2.33. The van der Waals surface area contributed by atoms with Gasteiger partial charge in [-0.15, -0.1) is 0 Å². The van der Waals surface area contributed by atoms with E-state index in [-0.39, 0.29) is 5.56 Å². The molecule has 0 N–H and O–H groups in total. The van der Waals surface area contributed by atoms with Crippen LogP contribution in [0.25, 0.3) is 0 Å². The van der Waals surface area contributed by atoms with Crippen molar-refractivity contribution in [1.82, 2.24) is 9.47 Å². The normalized spacial score (nSPS) is 29.9. The first-order chi connectivity index (χ1) is 7.24. The Labute approximate surface area is 89.3 Å². The number of piperidine rings is 1. The van der Waals surface area contributed by atoms with E-state index in [0.717, 1.165) is 19.6 Å². The van der Waals surface area contributed by atoms with Crippen molar-refractivity contribution in [2.75, 3.05) is 20.1 Å². The molecule has 3 nitrogen and oxygen atoms in total. The molecule has 80 valence electrons. The highest BCUT2D eigenvalue weighted by Gasteiger charge is 2.32. The number of pyridine rings is 1. The van der Waals surface area contributed by atoms with Crippen molar-refractivity contribution in [3.05, 3.63) is 34.2 Å². The predicted octanol–water partition coefficient (Wildman–Crippen LogP) is 0.897. The molecule has 1 aromatic heterocycles. The largest absolute Gasteiger partial charge is 0.312 e. The molecule has 0 saturated carbocycles. The second-order valence-corrected chi connectivity index (χ2v) is 4.92. The SMILES string of the molecule is CN1CC2C[C@H](C1)c1cccc(=O)n1C2. The molecule has 0 spiro atoms. The lowest BCUT2D eigenvalue weighted by Crippen LogP contribution is -2.45. The molecular weight excluding hydrogens is 188 g/mol. The number of rotatable bonds is 0. The van der Waals surface area contributed by atoms with Crippen LogP contribution < -0.4 is 5.56 Å². The van der Waals surface area contributed by atoms with E-state index in [1.165, 1.54) is 12.1 Å². The van der Waals surface area contributed by atoms with Crippen LogP contribution >= 0.6 is 0 Å². The Hall–Kier alpha value is -1.09. The van der Waals surface area contributed by atoms with Crippen LogP contribution in [0, 0.1) is 5.92 Å². The van der Waals surface area contributed by atoms with Crippen LogP contribution in [0.1, 0.15) is 18.0 Å². The smallest absolute Gasteiger partial charge is 0.250 e. The molecule has 15 heavy (non-hydrogen) atoms. The fraction of sp³-hybridized carbons (Fsp3) is 0.583. The van der Waals surface area contributed by atoms with Crippen LogP contribution in [-0.4, -0.2) is 29.6 Å². The van der Waals surface area contributed by atoms with Crippen LogP contribution in [0.2, 0.25) is 0 Å². The van der Waals surface area contributed by atoms with Crippen LogP contribution in [-0.2, 0) is 6.54 Å². The number of hydrogen-bond acceptors (Lipinski definition) is 2. The summed E-state index contributed by atoms with van der Waals surface area (Å²) >= 11 is 0.